The van der Waals surface area contributed by atoms with Crippen LogP contribution in [0.1, 0.15) is 25.3 Å². The SMILES string of the molecule is CC1(c2cccnc2)CC(=O)CCO1. The molecule has 0 bridgehead atoms. The molecule has 0 spiro atoms. The molecular formula is C11H13NO2. The van der Waals surface area contributed by atoms with Crippen LogP contribution in [0.25, 0.3) is 0 Å². The maximum Gasteiger partial charge on any atom is 0.138 e. The zero-order chi connectivity index (χ0) is 10.0. The van der Waals surface area contributed by atoms with Crippen molar-refractivity contribution in [1.29, 1.82) is 0 Å². The lowest BCUT2D eigenvalue weighted by Gasteiger charge is -2.33. The summed E-state index contributed by atoms with van der Waals surface area (Å²) in [5, 5.41) is 0. The Bertz CT molecular complexity index is 336. The molecule has 1 aliphatic heterocycles. The fourth-order valence-electron chi connectivity index (χ4n) is 1.77. The highest BCUT2D eigenvalue weighted by Crippen LogP contribution is 2.32. The van der Waals surface area contributed by atoms with E-state index < -0.39 is 5.60 Å². The molecule has 74 valence electrons. The van der Waals surface area contributed by atoms with Crippen LogP contribution in [0, 0.1) is 0 Å². The maximum atomic E-state index is 11.4. The minimum Gasteiger partial charge on any atom is -0.370 e. The molecule has 1 aliphatic rings. The second-order valence-electron chi connectivity index (χ2n) is 3.79. The van der Waals surface area contributed by atoms with E-state index >= 15 is 0 Å². The number of ether oxygens (including phenoxy) is 1. The smallest absolute Gasteiger partial charge is 0.138 e. The molecule has 0 aliphatic carbocycles. The minimum absolute atomic E-state index is 0.266. The fraction of sp³-hybridized carbons (Fsp3) is 0.455. The summed E-state index contributed by atoms with van der Waals surface area (Å²) in [4.78, 5) is 15.4. The van der Waals surface area contributed by atoms with Crippen molar-refractivity contribution in [3.63, 3.8) is 0 Å². The third kappa shape index (κ3) is 1.68. The maximum absolute atomic E-state index is 11.4. The van der Waals surface area contributed by atoms with Crippen LogP contribution in [0.15, 0.2) is 24.5 Å². The number of ketones is 1. The van der Waals surface area contributed by atoms with E-state index in [-0.39, 0.29) is 5.78 Å². The predicted molar refractivity (Wildman–Crippen MR) is 51.8 cm³/mol. The second kappa shape index (κ2) is 3.50. The first-order valence-corrected chi connectivity index (χ1v) is 4.77. The number of pyridine rings is 1. The van der Waals surface area contributed by atoms with E-state index in [4.69, 9.17) is 4.74 Å². The van der Waals surface area contributed by atoms with E-state index in [1.807, 2.05) is 19.1 Å². The van der Waals surface area contributed by atoms with Crippen molar-refractivity contribution < 1.29 is 9.53 Å². The van der Waals surface area contributed by atoms with Crippen LogP contribution in [0.4, 0.5) is 0 Å². The van der Waals surface area contributed by atoms with Crippen molar-refractivity contribution in [2.75, 3.05) is 6.61 Å². The molecule has 1 aromatic rings. The van der Waals surface area contributed by atoms with Gasteiger partial charge in [0.05, 0.1) is 12.2 Å². The standard InChI is InChI=1S/C11H13NO2/c1-11(7-10(13)4-6-14-11)9-3-2-5-12-8-9/h2-3,5,8H,4,6-7H2,1H3. The van der Waals surface area contributed by atoms with Crippen LogP contribution < -0.4 is 0 Å². The number of nitrogens with zero attached hydrogens (tertiary/aromatic N) is 1. The van der Waals surface area contributed by atoms with Crippen LogP contribution in [-0.2, 0) is 15.1 Å². The van der Waals surface area contributed by atoms with Gasteiger partial charge in [-0.05, 0) is 13.0 Å². The molecule has 0 N–H and O–H groups in total. The van der Waals surface area contributed by atoms with Crippen molar-refractivity contribution in [3.8, 4) is 0 Å². The molecule has 2 rings (SSSR count). The lowest BCUT2D eigenvalue weighted by atomic mass is 9.89. The number of hydrogen-bond acceptors (Lipinski definition) is 3. The summed E-state index contributed by atoms with van der Waals surface area (Å²) in [6.45, 7) is 2.46. The van der Waals surface area contributed by atoms with E-state index in [0.717, 1.165) is 5.56 Å². The van der Waals surface area contributed by atoms with Crippen molar-refractivity contribution in [3.05, 3.63) is 30.1 Å². The zero-order valence-corrected chi connectivity index (χ0v) is 8.19. The zero-order valence-electron chi connectivity index (χ0n) is 8.19. The van der Waals surface area contributed by atoms with E-state index in [2.05, 4.69) is 4.98 Å². The summed E-state index contributed by atoms with van der Waals surface area (Å²) in [7, 11) is 0. The van der Waals surface area contributed by atoms with E-state index in [1.165, 1.54) is 0 Å². The molecule has 0 saturated carbocycles. The van der Waals surface area contributed by atoms with E-state index in [9.17, 15) is 4.79 Å². The summed E-state index contributed by atoms with van der Waals surface area (Å²) in [5.41, 5.74) is 0.511. The topological polar surface area (TPSA) is 39.2 Å². The van der Waals surface area contributed by atoms with Gasteiger partial charge in [-0.3, -0.25) is 9.78 Å². The molecule has 1 fully saturated rings. The van der Waals surface area contributed by atoms with Gasteiger partial charge >= 0.3 is 0 Å². The van der Waals surface area contributed by atoms with Crippen LogP contribution in [0.5, 0.6) is 0 Å². The Labute approximate surface area is 83.1 Å². The van der Waals surface area contributed by atoms with Crippen molar-refractivity contribution in [1.82, 2.24) is 4.98 Å². The number of hydrogen-bond donors (Lipinski definition) is 0. The Kier molecular flexibility index (Phi) is 2.33. The average Bonchev–Trinajstić information content (AvgIpc) is 2.19. The fourth-order valence-corrected chi connectivity index (χ4v) is 1.77. The summed E-state index contributed by atoms with van der Waals surface area (Å²) in [5.74, 6) is 0.266. The van der Waals surface area contributed by atoms with Crippen molar-refractivity contribution in [2.45, 2.75) is 25.4 Å². The number of rotatable bonds is 1. The molecule has 2 heterocycles. The third-order valence-corrected chi connectivity index (χ3v) is 2.61. The van der Waals surface area contributed by atoms with Gasteiger partial charge in [-0.15, -0.1) is 0 Å². The molecule has 0 aromatic carbocycles. The van der Waals surface area contributed by atoms with Crippen LogP contribution in [0.2, 0.25) is 0 Å². The summed E-state index contributed by atoms with van der Waals surface area (Å²) in [6, 6.07) is 3.81. The molecule has 1 saturated heterocycles. The molecule has 3 nitrogen and oxygen atoms in total. The number of aromatic nitrogens is 1. The Morgan fingerprint density at radius 2 is 2.43 bits per heavy atom. The van der Waals surface area contributed by atoms with Gasteiger partial charge in [-0.2, -0.15) is 0 Å². The lowest BCUT2D eigenvalue weighted by Crippen LogP contribution is -2.34. The number of carbonyl (C=O) groups is 1. The molecule has 1 atom stereocenters. The van der Waals surface area contributed by atoms with Crippen molar-refractivity contribution >= 4 is 5.78 Å². The minimum atomic E-state index is -0.469. The highest BCUT2D eigenvalue weighted by Gasteiger charge is 2.33. The normalized spacial score (nSPS) is 27.6. The first-order chi connectivity index (χ1) is 6.71. The quantitative estimate of drug-likeness (QED) is 0.678. The molecule has 1 unspecified atom stereocenters. The Balaban J connectivity index is 2.27. The van der Waals surface area contributed by atoms with Gasteiger partial charge in [0.1, 0.15) is 5.78 Å². The Morgan fingerprint density at radius 1 is 1.57 bits per heavy atom. The molecular weight excluding hydrogens is 178 g/mol. The average molecular weight is 191 g/mol. The van der Waals surface area contributed by atoms with Gasteiger partial charge in [0.2, 0.25) is 0 Å². The summed E-state index contributed by atoms with van der Waals surface area (Å²) in [6.07, 6.45) is 4.48. The van der Waals surface area contributed by atoms with Gasteiger partial charge in [0, 0.05) is 30.8 Å². The van der Waals surface area contributed by atoms with E-state index in [1.54, 1.807) is 12.4 Å². The number of Topliss-reactive ketones (excluding diaryl/α,β-unsaturated/α-hetero) is 1. The summed E-state index contributed by atoms with van der Waals surface area (Å²) >= 11 is 0. The van der Waals surface area contributed by atoms with Gasteiger partial charge in [0.15, 0.2) is 0 Å². The van der Waals surface area contributed by atoms with Gasteiger partial charge in [-0.1, -0.05) is 6.07 Å². The highest BCUT2D eigenvalue weighted by molar-refractivity contribution is 5.80. The van der Waals surface area contributed by atoms with Crippen LogP contribution in [-0.4, -0.2) is 17.4 Å². The van der Waals surface area contributed by atoms with Gasteiger partial charge in [0.25, 0.3) is 0 Å². The molecule has 1 aromatic heterocycles. The Hall–Kier alpha value is -1.22. The largest absolute Gasteiger partial charge is 0.370 e. The van der Waals surface area contributed by atoms with Gasteiger partial charge in [-0.25, -0.2) is 0 Å². The molecule has 0 amide bonds. The first-order valence-electron chi connectivity index (χ1n) is 4.77. The molecule has 14 heavy (non-hydrogen) atoms. The summed E-state index contributed by atoms with van der Waals surface area (Å²) < 4.78 is 5.66. The predicted octanol–water partition coefficient (Wildman–Crippen LogP) is 1.68. The monoisotopic (exact) mass is 191 g/mol. The Morgan fingerprint density at radius 3 is 3.07 bits per heavy atom. The second-order valence-corrected chi connectivity index (χ2v) is 3.79. The van der Waals surface area contributed by atoms with E-state index in [0.29, 0.717) is 19.4 Å². The molecule has 0 radical (unpaired) electrons. The first kappa shape index (κ1) is 9.34. The molecule has 3 heteroatoms. The third-order valence-electron chi connectivity index (χ3n) is 2.61. The van der Waals surface area contributed by atoms with Crippen LogP contribution >= 0.6 is 0 Å². The lowest BCUT2D eigenvalue weighted by molar-refractivity contribution is -0.138. The van der Waals surface area contributed by atoms with Gasteiger partial charge < -0.3 is 4.74 Å². The number of carbonyl (C=O) groups excluding carboxylic acids is 1. The highest BCUT2D eigenvalue weighted by atomic mass is 16.5. The van der Waals surface area contributed by atoms with Crippen LogP contribution in [0.3, 0.4) is 0 Å². The van der Waals surface area contributed by atoms with Crippen molar-refractivity contribution in [2.24, 2.45) is 0 Å².